The second kappa shape index (κ2) is 4.14. The van der Waals surface area contributed by atoms with Crippen LogP contribution in [0.3, 0.4) is 0 Å². The molecule has 16 heavy (non-hydrogen) atoms. The maximum Gasteiger partial charge on any atom is 0.303 e. The van der Waals surface area contributed by atoms with Gasteiger partial charge in [0.05, 0.1) is 11.9 Å². The molecule has 0 bridgehead atoms. The summed E-state index contributed by atoms with van der Waals surface area (Å²) in [5, 5.41) is 15.7. The number of rotatable bonds is 3. The number of fused-ring (bicyclic) bond motifs is 1. The van der Waals surface area contributed by atoms with Crippen LogP contribution < -0.4 is 5.43 Å². The number of carbonyl (C=O) groups is 1. The number of hydrogen-bond acceptors (Lipinski definition) is 3. The molecular weight excluding hydrogens is 208 g/mol. The largest absolute Gasteiger partial charge is 0.481 e. The number of aryl methyl sites for hydroxylation is 1. The number of para-hydroxylation sites is 1. The predicted molar refractivity (Wildman–Crippen MR) is 58.3 cm³/mol. The first-order valence-electron chi connectivity index (χ1n) is 4.86. The summed E-state index contributed by atoms with van der Waals surface area (Å²) >= 11 is 0. The second-order valence-corrected chi connectivity index (χ2v) is 3.44. The van der Waals surface area contributed by atoms with Gasteiger partial charge in [-0.15, -0.1) is 0 Å². The summed E-state index contributed by atoms with van der Waals surface area (Å²) in [7, 11) is 0. The fourth-order valence-electron chi connectivity index (χ4n) is 1.51. The number of benzene rings is 1. The predicted octanol–water partition coefficient (Wildman–Crippen LogP) is 0.940. The average Bonchev–Trinajstić information content (AvgIpc) is 2.28. The van der Waals surface area contributed by atoms with Crippen molar-refractivity contribution in [2.75, 3.05) is 0 Å². The molecule has 2 rings (SSSR count). The molecule has 0 aliphatic heterocycles. The van der Waals surface area contributed by atoms with Gasteiger partial charge in [0.2, 0.25) is 5.43 Å². The van der Waals surface area contributed by atoms with Gasteiger partial charge in [-0.1, -0.05) is 12.1 Å². The van der Waals surface area contributed by atoms with Crippen LogP contribution in [0.4, 0.5) is 0 Å². The highest BCUT2D eigenvalue weighted by Gasteiger charge is 2.07. The Kier molecular flexibility index (Phi) is 2.68. The van der Waals surface area contributed by atoms with Crippen LogP contribution in [0.1, 0.15) is 12.1 Å². The number of aromatic nitrogens is 2. The number of aliphatic carboxylic acids is 1. The van der Waals surface area contributed by atoms with Gasteiger partial charge < -0.3 is 5.11 Å². The lowest BCUT2D eigenvalue weighted by molar-refractivity contribution is -0.136. The Morgan fingerprint density at radius 2 is 2.12 bits per heavy atom. The lowest BCUT2D eigenvalue weighted by Gasteiger charge is -2.00. The van der Waals surface area contributed by atoms with Crippen LogP contribution >= 0.6 is 0 Å². The summed E-state index contributed by atoms with van der Waals surface area (Å²) in [5.74, 6) is -0.936. The third-order valence-electron chi connectivity index (χ3n) is 2.32. The van der Waals surface area contributed by atoms with Crippen molar-refractivity contribution in [3.63, 3.8) is 0 Å². The number of hydrogen-bond donors (Lipinski definition) is 2. The van der Waals surface area contributed by atoms with Crippen LogP contribution in [-0.4, -0.2) is 21.3 Å². The lowest BCUT2D eigenvalue weighted by Crippen LogP contribution is -2.14. The Morgan fingerprint density at radius 3 is 2.88 bits per heavy atom. The fraction of sp³-hybridized carbons (Fsp3) is 0.182. The van der Waals surface area contributed by atoms with E-state index in [1.54, 1.807) is 24.3 Å². The molecule has 2 N–H and O–H groups in total. The smallest absolute Gasteiger partial charge is 0.303 e. The molecule has 1 aromatic heterocycles. The summed E-state index contributed by atoms with van der Waals surface area (Å²) < 4.78 is 0. The Labute approximate surface area is 90.7 Å². The standard InChI is InChI=1S/C11H10N2O3/c14-10(15)6-5-9-11(16)7-3-1-2-4-8(7)12-13-9/h1-4H,5-6H2,(H,12,16)(H,14,15). The van der Waals surface area contributed by atoms with Crippen molar-refractivity contribution in [1.82, 2.24) is 10.2 Å². The van der Waals surface area contributed by atoms with Gasteiger partial charge in [0.1, 0.15) is 5.69 Å². The molecule has 0 aliphatic rings. The Balaban J connectivity index is 2.45. The normalized spacial score (nSPS) is 10.5. The minimum Gasteiger partial charge on any atom is -0.481 e. The number of nitrogens with zero attached hydrogens (tertiary/aromatic N) is 1. The molecule has 1 heterocycles. The minimum atomic E-state index is -0.936. The molecule has 0 fully saturated rings. The van der Waals surface area contributed by atoms with E-state index in [9.17, 15) is 9.59 Å². The summed E-state index contributed by atoms with van der Waals surface area (Å²) in [4.78, 5) is 22.3. The lowest BCUT2D eigenvalue weighted by atomic mass is 10.1. The molecule has 0 unspecified atom stereocenters. The van der Waals surface area contributed by atoms with Crippen molar-refractivity contribution in [3.8, 4) is 0 Å². The van der Waals surface area contributed by atoms with Gasteiger partial charge in [-0.05, 0) is 12.1 Å². The first-order valence-corrected chi connectivity index (χ1v) is 4.86. The molecule has 5 nitrogen and oxygen atoms in total. The number of carboxylic acid groups (broad SMARTS) is 1. The number of carboxylic acids is 1. The van der Waals surface area contributed by atoms with E-state index in [1.807, 2.05) is 0 Å². The molecule has 2 aromatic rings. The van der Waals surface area contributed by atoms with Gasteiger partial charge in [0.15, 0.2) is 0 Å². The zero-order chi connectivity index (χ0) is 11.5. The molecule has 0 saturated heterocycles. The maximum absolute atomic E-state index is 11.9. The highest BCUT2D eigenvalue weighted by molar-refractivity contribution is 5.77. The van der Waals surface area contributed by atoms with Crippen molar-refractivity contribution in [1.29, 1.82) is 0 Å². The van der Waals surface area contributed by atoms with E-state index >= 15 is 0 Å². The third-order valence-corrected chi connectivity index (χ3v) is 2.32. The van der Waals surface area contributed by atoms with Crippen LogP contribution in [0.15, 0.2) is 29.1 Å². The van der Waals surface area contributed by atoms with Crippen molar-refractivity contribution < 1.29 is 9.90 Å². The summed E-state index contributed by atoms with van der Waals surface area (Å²) in [5.41, 5.74) is 0.725. The SMILES string of the molecule is O=C(O)CCc1n[nH]c2ccccc2c1=O. The van der Waals surface area contributed by atoms with E-state index in [-0.39, 0.29) is 24.0 Å². The highest BCUT2D eigenvalue weighted by atomic mass is 16.4. The minimum absolute atomic E-state index is 0.0889. The van der Waals surface area contributed by atoms with Crippen LogP contribution in [-0.2, 0) is 11.2 Å². The Morgan fingerprint density at radius 1 is 1.38 bits per heavy atom. The van der Waals surface area contributed by atoms with E-state index < -0.39 is 5.97 Å². The maximum atomic E-state index is 11.9. The molecule has 0 radical (unpaired) electrons. The summed E-state index contributed by atoms with van der Waals surface area (Å²) in [6.07, 6.45) is 0.0594. The van der Waals surface area contributed by atoms with E-state index in [1.165, 1.54) is 0 Å². The number of aromatic amines is 1. The van der Waals surface area contributed by atoms with E-state index in [0.29, 0.717) is 10.9 Å². The van der Waals surface area contributed by atoms with Gasteiger partial charge >= 0.3 is 5.97 Å². The van der Waals surface area contributed by atoms with Gasteiger partial charge in [0, 0.05) is 11.8 Å². The fourth-order valence-corrected chi connectivity index (χ4v) is 1.51. The Bertz CT molecular complexity index is 589. The molecular formula is C11H10N2O3. The Hall–Kier alpha value is -2.17. The van der Waals surface area contributed by atoms with Crippen molar-refractivity contribution in [3.05, 3.63) is 40.2 Å². The molecule has 5 heteroatoms. The quantitative estimate of drug-likeness (QED) is 0.803. The zero-order valence-electron chi connectivity index (χ0n) is 8.43. The topological polar surface area (TPSA) is 83.0 Å². The van der Waals surface area contributed by atoms with Crippen LogP contribution in [0.2, 0.25) is 0 Å². The molecule has 0 atom stereocenters. The van der Waals surface area contributed by atoms with E-state index in [4.69, 9.17) is 5.11 Å². The summed E-state index contributed by atoms with van der Waals surface area (Å²) in [6.45, 7) is 0. The summed E-state index contributed by atoms with van der Waals surface area (Å²) in [6, 6.07) is 7.01. The molecule has 0 spiro atoms. The molecule has 0 saturated carbocycles. The van der Waals surface area contributed by atoms with Gasteiger partial charge in [-0.25, -0.2) is 0 Å². The average molecular weight is 218 g/mol. The number of nitrogens with one attached hydrogen (secondary N) is 1. The second-order valence-electron chi connectivity index (χ2n) is 3.44. The van der Waals surface area contributed by atoms with Gasteiger partial charge in [-0.3, -0.25) is 14.7 Å². The molecule has 82 valence electrons. The molecule has 0 aliphatic carbocycles. The first-order chi connectivity index (χ1) is 7.68. The monoisotopic (exact) mass is 218 g/mol. The molecule has 0 amide bonds. The van der Waals surface area contributed by atoms with Crippen molar-refractivity contribution in [2.24, 2.45) is 0 Å². The van der Waals surface area contributed by atoms with Crippen LogP contribution in [0.5, 0.6) is 0 Å². The third kappa shape index (κ3) is 1.93. The van der Waals surface area contributed by atoms with Crippen LogP contribution in [0, 0.1) is 0 Å². The molecule has 1 aromatic carbocycles. The number of H-pyrrole nitrogens is 1. The van der Waals surface area contributed by atoms with Crippen LogP contribution in [0.25, 0.3) is 10.9 Å². The van der Waals surface area contributed by atoms with Crippen molar-refractivity contribution in [2.45, 2.75) is 12.8 Å². The first kappa shape index (κ1) is 10.4. The zero-order valence-corrected chi connectivity index (χ0v) is 8.43. The van der Waals surface area contributed by atoms with Gasteiger partial charge in [-0.2, -0.15) is 5.10 Å². The highest BCUT2D eigenvalue weighted by Crippen LogP contribution is 2.05. The van der Waals surface area contributed by atoms with Crippen molar-refractivity contribution >= 4 is 16.9 Å². The van der Waals surface area contributed by atoms with Gasteiger partial charge in [0.25, 0.3) is 0 Å². The van der Waals surface area contributed by atoms with E-state index in [0.717, 1.165) is 0 Å². The van der Waals surface area contributed by atoms with E-state index in [2.05, 4.69) is 10.2 Å².